The Balaban J connectivity index is 0.000000210. The van der Waals surface area contributed by atoms with Gasteiger partial charge in [-0.3, -0.25) is 0 Å². The maximum Gasteiger partial charge on any atom is -0.0623 e. The largest absolute Gasteiger partial charge is 0.0623 e. The molecule has 0 aromatic heterocycles. The fraction of sp³-hybridized carbons (Fsp3) is 0. The van der Waals surface area contributed by atoms with Crippen LogP contribution in [-0.4, -0.2) is 0 Å². The molecule has 2 aromatic carbocycles. The molecule has 0 aliphatic heterocycles. The molecule has 0 aliphatic carbocycles. The van der Waals surface area contributed by atoms with E-state index in [0.717, 1.165) is 0 Å². The standard InChI is InChI=1S/2C6H6.2ClH.Ti/c2*1-2-4-6-5-3-1;;;/h2*1-6H;2*1H;/q;;;;+2/p-2. The van der Waals surface area contributed by atoms with Gasteiger partial charge >= 0.3 is 35.6 Å². The Hall–Kier alpha value is -0.266. The van der Waals surface area contributed by atoms with Gasteiger partial charge in [0.25, 0.3) is 0 Å². The molecule has 0 spiro atoms. The topological polar surface area (TPSA) is 0 Å². The second kappa shape index (κ2) is 13.7. The van der Waals surface area contributed by atoms with Gasteiger partial charge < -0.3 is 0 Å². The third-order valence-corrected chi connectivity index (χ3v) is 1.33. The van der Waals surface area contributed by atoms with Crippen LogP contribution in [0.2, 0.25) is 0 Å². The van der Waals surface area contributed by atoms with E-state index in [0.29, 0.717) is 0 Å². The van der Waals surface area contributed by atoms with Gasteiger partial charge in [-0.05, 0) is 0 Å². The van der Waals surface area contributed by atoms with Crippen LogP contribution in [0.25, 0.3) is 0 Å². The molecule has 3 heteroatoms. The van der Waals surface area contributed by atoms with Gasteiger partial charge in [0.1, 0.15) is 0 Å². The Kier molecular flexibility index (Phi) is 13.5. The molecule has 0 amide bonds. The summed E-state index contributed by atoms with van der Waals surface area (Å²) in [5, 5.41) is 0. The minimum absolute atomic E-state index is 0.556. The molecular formula is C12H12Cl2Ti. The Morgan fingerprint density at radius 2 is 0.467 bits per heavy atom. The average molecular weight is 275 g/mol. The number of hydrogen-bond acceptors (Lipinski definition) is 0. The normalized spacial score (nSPS) is 7.33. The summed E-state index contributed by atoms with van der Waals surface area (Å²) in [7, 11) is 9.78. The Labute approximate surface area is 108 Å². The third kappa shape index (κ3) is 13.7. The van der Waals surface area contributed by atoms with Crippen molar-refractivity contribution in [2.75, 3.05) is 0 Å². The smallest absolute Gasteiger partial charge is 0.0623 e. The molecule has 0 unspecified atom stereocenters. The van der Waals surface area contributed by atoms with E-state index in [4.69, 9.17) is 18.6 Å². The molecule has 0 aliphatic rings. The number of halogens is 2. The second-order valence-electron chi connectivity index (χ2n) is 2.38. The van der Waals surface area contributed by atoms with Crippen LogP contribution in [0.15, 0.2) is 72.8 Å². The minimum atomic E-state index is -0.556. The monoisotopic (exact) mass is 274 g/mol. The molecule has 0 nitrogen and oxygen atoms in total. The predicted molar refractivity (Wildman–Crippen MR) is 64.6 cm³/mol. The quantitative estimate of drug-likeness (QED) is 0.608. The Bertz CT molecular complexity index is 202. The van der Waals surface area contributed by atoms with Crippen molar-refractivity contribution < 1.29 is 17.0 Å². The van der Waals surface area contributed by atoms with Crippen molar-refractivity contribution in [1.82, 2.24) is 0 Å². The van der Waals surface area contributed by atoms with Crippen molar-refractivity contribution in [1.29, 1.82) is 0 Å². The molecule has 0 N–H and O–H groups in total. The molecule has 2 rings (SSSR count). The van der Waals surface area contributed by atoms with Gasteiger partial charge in [0, 0.05) is 0 Å². The zero-order valence-corrected chi connectivity index (χ0v) is 11.3. The van der Waals surface area contributed by atoms with E-state index in [-0.39, 0.29) is 0 Å². The van der Waals surface area contributed by atoms with Crippen LogP contribution >= 0.6 is 18.6 Å². The second-order valence-corrected chi connectivity index (χ2v) is 4.96. The van der Waals surface area contributed by atoms with Crippen LogP contribution < -0.4 is 0 Å². The number of rotatable bonds is 0. The van der Waals surface area contributed by atoms with Crippen molar-refractivity contribution in [3.05, 3.63) is 72.8 Å². The Morgan fingerprint density at radius 1 is 0.400 bits per heavy atom. The summed E-state index contributed by atoms with van der Waals surface area (Å²) in [6.45, 7) is 0. The van der Waals surface area contributed by atoms with E-state index < -0.39 is 17.0 Å². The first kappa shape index (κ1) is 14.7. The third-order valence-electron chi connectivity index (χ3n) is 1.33. The average Bonchev–Trinajstić information content (AvgIpc) is 2.35. The first-order chi connectivity index (χ1) is 7.41. The molecule has 0 saturated carbocycles. The molecule has 78 valence electrons. The van der Waals surface area contributed by atoms with Gasteiger partial charge in [-0.15, -0.1) is 0 Å². The van der Waals surface area contributed by atoms with E-state index in [1.807, 2.05) is 72.8 Å². The Morgan fingerprint density at radius 3 is 0.533 bits per heavy atom. The number of hydrogen-bond donors (Lipinski definition) is 0. The summed E-state index contributed by atoms with van der Waals surface area (Å²) >= 11 is -0.556. The maximum absolute atomic E-state index is 4.89. The van der Waals surface area contributed by atoms with Crippen molar-refractivity contribution in [2.45, 2.75) is 0 Å². The first-order valence-electron chi connectivity index (χ1n) is 4.38. The fourth-order valence-electron chi connectivity index (χ4n) is 0.770. The van der Waals surface area contributed by atoms with E-state index >= 15 is 0 Å². The summed E-state index contributed by atoms with van der Waals surface area (Å²) in [4.78, 5) is 0. The van der Waals surface area contributed by atoms with Crippen molar-refractivity contribution in [3.8, 4) is 0 Å². The van der Waals surface area contributed by atoms with E-state index in [2.05, 4.69) is 0 Å². The molecule has 0 atom stereocenters. The summed E-state index contributed by atoms with van der Waals surface area (Å²) in [6, 6.07) is 24.0. The van der Waals surface area contributed by atoms with Crippen molar-refractivity contribution >= 4 is 18.6 Å². The molecular weight excluding hydrogens is 263 g/mol. The predicted octanol–water partition coefficient (Wildman–Crippen LogP) is 4.75. The minimum Gasteiger partial charge on any atom is -0.0623 e. The SMILES string of the molecule is [Cl][Ti][Cl].c1ccccc1.c1ccccc1. The van der Waals surface area contributed by atoms with Gasteiger partial charge in [-0.1, -0.05) is 72.8 Å². The summed E-state index contributed by atoms with van der Waals surface area (Å²) < 4.78 is 0. The maximum atomic E-state index is 4.89. The van der Waals surface area contributed by atoms with Crippen molar-refractivity contribution in [3.63, 3.8) is 0 Å². The van der Waals surface area contributed by atoms with E-state index in [1.54, 1.807) is 0 Å². The van der Waals surface area contributed by atoms with Gasteiger partial charge in [-0.2, -0.15) is 0 Å². The van der Waals surface area contributed by atoms with Gasteiger partial charge in [0.2, 0.25) is 0 Å². The van der Waals surface area contributed by atoms with Gasteiger partial charge in [0.05, 0.1) is 0 Å². The molecule has 0 fully saturated rings. The zero-order valence-electron chi connectivity index (χ0n) is 8.18. The molecule has 2 aromatic rings. The van der Waals surface area contributed by atoms with Gasteiger partial charge in [0.15, 0.2) is 0 Å². The van der Waals surface area contributed by atoms with E-state index in [9.17, 15) is 0 Å². The number of benzene rings is 2. The summed E-state index contributed by atoms with van der Waals surface area (Å²) in [6.07, 6.45) is 0. The van der Waals surface area contributed by atoms with Crippen LogP contribution in [0.1, 0.15) is 0 Å². The van der Waals surface area contributed by atoms with Crippen LogP contribution in [-0.2, 0) is 17.0 Å². The fourth-order valence-corrected chi connectivity index (χ4v) is 0.770. The van der Waals surface area contributed by atoms with Crippen LogP contribution in [0.4, 0.5) is 0 Å². The van der Waals surface area contributed by atoms with Crippen LogP contribution in [0.5, 0.6) is 0 Å². The molecule has 0 heterocycles. The zero-order chi connectivity index (χ0) is 11.2. The van der Waals surface area contributed by atoms with Crippen LogP contribution in [0.3, 0.4) is 0 Å². The molecule has 0 saturated heterocycles. The van der Waals surface area contributed by atoms with Gasteiger partial charge in [-0.25, -0.2) is 0 Å². The van der Waals surface area contributed by atoms with Crippen molar-refractivity contribution in [2.24, 2.45) is 0 Å². The summed E-state index contributed by atoms with van der Waals surface area (Å²) in [5.74, 6) is 0. The summed E-state index contributed by atoms with van der Waals surface area (Å²) in [5.41, 5.74) is 0. The molecule has 0 bridgehead atoms. The van der Waals surface area contributed by atoms with E-state index in [1.165, 1.54) is 0 Å². The molecule has 15 heavy (non-hydrogen) atoms. The molecule has 0 radical (unpaired) electrons. The first-order valence-corrected chi connectivity index (χ1v) is 8.68. The van der Waals surface area contributed by atoms with Crippen LogP contribution in [0, 0.1) is 0 Å².